The number of nitrogen functional groups attached to an aromatic ring is 1. The molecule has 1 fully saturated rings. The minimum absolute atomic E-state index is 0.00685. The monoisotopic (exact) mass is 462 g/mol. The van der Waals surface area contributed by atoms with Gasteiger partial charge < -0.3 is 20.7 Å². The molecule has 1 saturated heterocycles. The van der Waals surface area contributed by atoms with E-state index in [2.05, 4.69) is 31.0 Å². The van der Waals surface area contributed by atoms with Crippen LogP contribution in [0.3, 0.4) is 0 Å². The number of hydrogen-bond donors (Lipinski definition) is 2. The number of carbonyl (C=O) groups excluding carboxylic acids is 1. The Hall–Kier alpha value is -3.69. The molecule has 2 aliphatic rings. The first-order chi connectivity index (χ1) is 16.3. The summed E-state index contributed by atoms with van der Waals surface area (Å²) in [5.74, 6) is 0.805. The second-order valence-corrected chi connectivity index (χ2v) is 9.45. The van der Waals surface area contributed by atoms with Gasteiger partial charge in [-0.15, -0.1) is 0 Å². The van der Waals surface area contributed by atoms with Gasteiger partial charge in [0.05, 0.1) is 11.4 Å². The molecule has 0 aromatic carbocycles. The molecule has 178 valence electrons. The Balaban J connectivity index is 1.37. The maximum Gasteiger partial charge on any atom is 0.317 e. The van der Waals surface area contributed by atoms with Crippen molar-refractivity contribution < 1.29 is 9.53 Å². The molecule has 0 bridgehead atoms. The number of rotatable bonds is 5. The Morgan fingerprint density at radius 3 is 2.79 bits per heavy atom. The SMILES string of the molecule is CC(C)NC(=O)N1CC[C@@]2(CCn3nc(-c4cnc(N)c(OC(C)c5ccncn5)c4)cc32)C1. The van der Waals surface area contributed by atoms with Crippen LogP contribution in [0.5, 0.6) is 5.75 Å². The Kier molecular flexibility index (Phi) is 5.59. The number of aryl methyl sites for hydroxylation is 1. The van der Waals surface area contributed by atoms with Gasteiger partial charge in [0.25, 0.3) is 0 Å². The van der Waals surface area contributed by atoms with Crippen LogP contribution in [0.4, 0.5) is 10.6 Å². The third-order valence-corrected chi connectivity index (χ3v) is 6.68. The summed E-state index contributed by atoms with van der Waals surface area (Å²) in [6.07, 6.45) is 6.52. The summed E-state index contributed by atoms with van der Waals surface area (Å²) >= 11 is 0. The lowest BCUT2D eigenvalue weighted by molar-refractivity contribution is 0.203. The molecular formula is C24H30N8O2. The van der Waals surface area contributed by atoms with Crippen molar-refractivity contribution in [3.8, 4) is 17.0 Å². The number of carbonyl (C=O) groups is 1. The first-order valence-corrected chi connectivity index (χ1v) is 11.7. The van der Waals surface area contributed by atoms with Crippen molar-refractivity contribution in [2.75, 3.05) is 18.8 Å². The van der Waals surface area contributed by atoms with Crippen LogP contribution in [0.1, 0.15) is 51.1 Å². The number of amides is 2. The van der Waals surface area contributed by atoms with Gasteiger partial charge in [-0.3, -0.25) is 4.68 Å². The summed E-state index contributed by atoms with van der Waals surface area (Å²) < 4.78 is 8.14. The van der Waals surface area contributed by atoms with Crippen molar-refractivity contribution in [1.82, 2.24) is 34.9 Å². The molecule has 3 N–H and O–H groups in total. The maximum absolute atomic E-state index is 12.5. The first kappa shape index (κ1) is 22.1. The van der Waals surface area contributed by atoms with Gasteiger partial charge in [0.2, 0.25) is 0 Å². The number of nitrogens with two attached hydrogens (primary N) is 1. The van der Waals surface area contributed by atoms with Crippen molar-refractivity contribution in [3.63, 3.8) is 0 Å². The van der Waals surface area contributed by atoms with Crippen LogP contribution in [0.15, 0.2) is 36.9 Å². The summed E-state index contributed by atoms with van der Waals surface area (Å²) in [6, 6.07) is 5.94. The number of likely N-dealkylation sites (tertiary alicyclic amines) is 1. The van der Waals surface area contributed by atoms with Gasteiger partial charge in [0, 0.05) is 54.7 Å². The average molecular weight is 463 g/mol. The van der Waals surface area contributed by atoms with Crippen LogP contribution in [0, 0.1) is 0 Å². The third-order valence-electron chi connectivity index (χ3n) is 6.68. The molecule has 10 heteroatoms. The largest absolute Gasteiger partial charge is 0.481 e. The molecule has 0 aliphatic carbocycles. The van der Waals surface area contributed by atoms with Gasteiger partial charge in [0.1, 0.15) is 12.4 Å². The average Bonchev–Trinajstić information content (AvgIpc) is 3.52. The second-order valence-electron chi connectivity index (χ2n) is 9.45. The molecule has 3 aromatic rings. The Morgan fingerprint density at radius 1 is 1.21 bits per heavy atom. The minimum atomic E-state index is -0.306. The number of nitrogens with one attached hydrogen (secondary N) is 1. The fourth-order valence-electron chi connectivity index (χ4n) is 4.88. The molecule has 2 amide bonds. The molecule has 0 saturated carbocycles. The van der Waals surface area contributed by atoms with Gasteiger partial charge in [-0.05, 0) is 51.8 Å². The molecule has 5 rings (SSSR count). The zero-order valence-electron chi connectivity index (χ0n) is 19.7. The van der Waals surface area contributed by atoms with Crippen molar-refractivity contribution in [2.45, 2.75) is 57.7 Å². The number of hydrogen-bond acceptors (Lipinski definition) is 7. The highest BCUT2D eigenvalue weighted by atomic mass is 16.5. The normalized spacial score (nSPS) is 20.1. The van der Waals surface area contributed by atoms with E-state index in [-0.39, 0.29) is 23.6 Å². The molecule has 3 aromatic heterocycles. The predicted molar refractivity (Wildman–Crippen MR) is 127 cm³/mol. The van der Waals surface area contributed by atoms with E-state index < -0.39 is 0 Å². The van der Waals surface area contributed by atoms with Gasteiger partial charge in [-0.1, -0.05) is 0 Å². The number of nitrogens with zero attached hydrogens (tertiary/aromatic N) is 6. The van der Waals surface area contributed by atoms with E-state index in [4.69, 9.17) is 15.6 Å². The van der Waals surface area contributed by atoms with Crippen molar-refractivity contribution in [3.05, 3.63) is 48.3 Å². The number of urea groups is 1. The number of ether oxygens (including phenoxy) is 1. The molecular weight excluding hydrogens is 432 g/mol. The number of fused-ring (bicyclic) bond motifs is 2. The van der Waals surface area contributed by atoms with E-state index in [1.807, 2.05) is 37.8 Å². The van der Waals surface area contributed by atoms with Crippen molar-refractivity contribution in [1.29, 1.82) is 0 Å². The summed E-state index contributed by atoms with van der Waals surface area (Å²) in [6.45, 7) is 8.17. The quantitative estimate of drug-likeness (QED) is 0.597. The topological polar surface area (TPSA) is 124 Å². The maximum atomic E-state index is 12.5. The van der Waals surface area contributed by atoms with Gasteiger partial charge in [-0.25, -0.2) is 19.7 Å². The van der Waals surface area contributed by atoms with Crippen LogP contribution in [-0.4, -0.2) is 54.8 Å². The predicted octanol–water partition coefficient (Wildman–Crippen LogP) is 2.92. The summed E-state index contributed by atoms with van der Waals surface area (Å²) in [4.78, 5) is 27.0. The van der Waals surface area contributed by atoms with E-state index in [0.29, 0.717) is 18.1 Å². The fourth-order valence-corrected chi connectivity index (χ4v) is 4.88. The minimum Gasteiger partial charge on any atom is -0.481 e. The lowest BCUT2D eigenvalue weighted by Crippen LogP contribution is -2.43. The lowest BCUT2D eigenvalue weighted by atomic mass is 9.82. The van der Waals surface area contributed by atoms with Crippen molar-refractivity contribution in [2.24, 2.45) is 0 Å². The molecule has 2 aliphatic heterocycles. The fraction of sp³-hybridized carbons (Fsp3) is 0.458. The zero-order valence-corrected chi connectivity index (χ0v) is 19.7. The lowest BCUT2D eigenvalue weighted by Gasteiger charge is -2.24. The van der Waals surface area contributed by atoms with Crippen LogP contribution in [0.2, 0.25) is 0 Å². The van der Waals surface area contributed by atoms with E-state index >= 15 is 0 Å². The van der Waals surface area contributed by atoms with Gasteiger partial charge >= 0.3 is 6.03 Å². The first-order valence-electron chi connectivity index (χ1n) is 11.7. The molecule has 0 radical (unpaired) electrons. The van der Waals surface area contributed by atoms with Gasteiger partial charge in [0.15, 0.2) is 11.6 Å². The van der Waals surface area contributed by atoms with Crippen LogP contribution >= 0.6 is 0 Å². The highest BCUT2D eigenvalue weighted by molar-refractivity contribution is 5.75. The Labute approximate surface area is 198 Å². The molecule has 5 heterocycles. The summed E-state index contributed by atoms with van der Waals surface area (Å²) in [5.41, 5.74) is 9.64. The highest BCUT2D eigenvalue weighted by Crippen LogP contribution is 2.44. The van der Waals surface area contributed by atoms with E-state index in [1.54, 1.807) is 12.4 Å². The van der Waals surface area contributed by atoms with E-state index in [0.717, 1.165) is 42.9 Å². The zero-order chi connectivity index (χ0) is 23.9. The molecule has 34 heavy (non-hydrogen) atoms. The summed E-state index contributed by atoms with van der Waals surface area (Å²) in [7, 11) is 0. The molecule has 10 nitrogen and oxygen atoms in total. The third kappa shape index (κ3) is 4.04. The van der Waals surface area contributed by atoms with Crippen molar-refractivity contribution >= 4 is 11.8 Å². The van der Waals surface area contributed by atoms with Crippen LogP contribution < -0.4 is 15.8 Å². The standard InChI is InChI=1S/C24H30N8O2/c1-15(2)29-23(33)31-8-5-24(13-31)6-9-32-21(24)11-19(30-32)17-10-20(22(25)27-12-17)34-16(3)18-4-7-26-14-28-18/h4,7,10-12,14-16H,5-6,8-9,13H2,1-3H3,(H2,25,27)(H,29,33)/t16?,24-/m1/s1. The smallest absolute Gasteiger partial charge is 0.317 e. The molecule has 1 unspecified atom stereocenters. The van der Waals surface area contributed by atoms with Crippen LogP contribution in [0.25, 0.3) is 11.3 Å². The van der Waals surface area contributed by atoms with Crippen LogP contribution in [-0.2, 0) is 12.0 Å². The Morgan fingerprint density at radius 2 is 2.03 bits per heavy atom. The van der Waals surface area contributed by atoms with E-state index in [9.17, 15) is 4.79 Å². The molecule has 1 spiro atoms. The van der Waals surface area contributed by atoms with E-state index in [1.165, 1.54) is 12.0 Å². The van der Waals surface area contributed by atoms with Gasteiger partial charge in [-0.2, -0.15) is 5.10 Å². The Bertz CT molecular complexity index is 1190. The second kappa shape index (κ2) is 8.58. The molecule has 2 atom stereocenters. The summed E-state index contributed by atoms with van der Waals surface area (Å²) in [5, 5.41) is 7.85. The number of aromatic nitrogens is 5. The number of pyridine rings is 1. The highest BCUT2D eigenvalue weighted by Gasteiger charge is 2.47. The number of anilines is 1.